The predicted octanol–water partition coefficient (Wildman–Crippen LogP) is 1.49. The van der Waals surface area contributed by atoms with E-state index in [2.05, 4.69) is 16.9 Å². The zero-order chi connectivity index (χ0) is 12.7. The smallest absolute Gasteiger partial charge is 0.306 e. The maximum absolute atomic E-state index is 11.0. The number of ether oxygens (including phenoxy) is 1. The molecule has 0 amide bonds. The lowest BCUT2D eigenvalue weighted by atomic mass is 9.90. The minimum Gasteiger partial charge on any atom is -0.481 e. The lowest BCUT2D eigenvalue weighted by Gasteiger charge is -2.16. The molecule has 0 spiro atoms. The molecule has 1 fully saturated rings. The number of hydrogen-bond acceptors (Lipinski definition) is 3. The van der Waals surface area contributed by atoms with E-state index in [0.717, 1.165) is 36.7 Å². The second-order valence-electron chi connectivity index (χ2n) is 5.30. The number of carbonyl (C=O) groups is 1. The molecule has 2 N–H and O–H groups in total. The van der Waals surface area contributed by atoms with Crippen molar-refractivity contribution < 1.29 is 14.6 Å². The second-order valence-corrected chi connectivity index (χ2v) is 5.30. The van der Waals surface area contributed by atoms with Crippen molar-refractivity contribution in [2.24, 2.45) is 5.92 Å². The van der Waals surface area contributed by atoms with Crippen LogP contribution in [0.4, 0.5) is 0 Å². The number of carboxylic acids is 1. The SMILES string of the molecule is CC1OCCC1c1nc2c([nH]1)CC(C(=O)O)CC2. The zero-order valence-corrected chi connectivity index (χ0v) is 10.5. The van der Waals surface area contributed by atoms with Crippen LogP contribution in [0.15, 0.2) is 0 Å². The third-order valence-electron chi connectivity index (χ3n) is 4.14. The maximum Gasteiger partial charge on any atom is 0.306 e. The molecule has 0 saturated carbocycles. The standard InChI is InChI=1S/C13H18N2O3/c1-7-9(4-5-18-7)12-14-10-3-2-8(13(16)17)6-11(10)15-12/h7-9H,2-6H2,1H3,(H,14,15)(H,16,17). The van der Waals surface area contributed by atoms with Gasteiger partial charge in [-0.05, 0) is 26.2 Å². The average Bonchev–Trinajstić information content (AvgIpc) is 2.92. The number of nitrogens with one attached hydrogen (secondary N) is 1. The van der Waals surface area contributed by atoms with Crippen LogP contribution in [0, 0.1) is 5.92 Å². The highest BCUT2D eigenvalue weighted by Gasteiger charge is 2.32. The normalized spacial score (nSPS) is 31.3. The van der Waals surface area contributed by atoms with Crippen molar-refractivity contribution in [3.05, 3.63) is 17.2 Å². The Balaban J connectivity index is 1.82. The van der Waals surface area contributed by atoms with Crippen LogP contribution >= 0.6 is 0 Å². The van der Waals surface area contributed by atoms with Gasteiger partial charge in [-0.3, -0.25) is 4.79 Å². The van der Waals surface area contributed by atoms with Gasteiger partial charge in [0.2, 0.25) is 0 Å². The third-order valence-corrected chi connectivity index (χ3v) is 4.14. The zero-order valence-electron chi connectivity index (χ0n) is 10.5. The van der Waals surface area contributed by atoms with Gasteiger partial charge < -0.3 is 14.8 Å². The van der Waals surface area contributed by atoms with Crippen LogP contribution in [0.5, 0.6) is 0 Å². The largest absolute Gasteiger partial charge is 0.481 e. The highest BCUT2D eigenvalue weighted by atomic mass is 16.5. The summed E-state index contributed by atoms with van der Waals surface area (Å²) < 4.78 is 5.56. The first-order valence-corrected chi connectivity index (χ1v) is 6.57. The van der Waals surface area contributed by atoms with Crippen molar-refractivity contribution in [3.8, 4) is 0 Å². The fourth-order valence-corrected chi connectivity index (χ4v) is 2.98. The predicted molar refractivity (Wildman–Crippen MR) is 64.5 cm³/mol. The van der Waals surface area contributed by atoms with Crippen molar-refractivity contribution in [2.45, 2.75) is 44.6 Å². The van der Waals surface area contributed by atoms with Gasteiger partial charge in [-0.15, -0.1) is 0 Å². The fraction of sp³-hybridized carbons (Fsp3) is 0.692. The Morgan fingerprint density at radius 3 is 3.00 bits per heavy atom. The summed E-state index contributed by atoms with van der Waals surface area (Å²) in [4.78, 5) is 19.0. The highest BCUT2D eigenvalue weighted by Crippen LogP contribution is 2.32. The number of H-pyrrole nitrogens is 1. The van der Waals surface area contributed by atoms with E-state index in [9.17, 15) is 4.79 Å². The van der Waals surface area contributed by atoms with E-state index in [1.54, 1.807) is 0 Å². The number of imidazole rings is 1. The monoisotopic (exact) mass is 250 g/mol. The number of aromatic amines is 1. The van der Waals surface area contributed by atoms with Crippen LogP contribution in [0.25, 0.3) is 0 Å². The van der Waals surface area contributed by atoms with Crippen LogP contribution < -0.4 is 0 Å². The maximum atomic E-state index is 11.0. The van der Waals surface area contributed by atoms with Gasteiger partial charge in [-0.1, -0.05) is 0 Å². The quantitative estimate of drug-likeness (QED) is 0.834. The summed E-state index contributed by atoms with van der Waals surface area (Å²) in [6, 6.07) is 0. The minimum absolute atomic E-state index is 0.202. The molecule has 1 aromatic heterocycles. The third kappa shape index (κ3) is 1.92. The van der Waals surface area contributed by atoms with Crippen LogP contribution in [0.2, 0.25) is 0 Å². The van der Waals surface area contributed by atoms with Gasteiger partial charge in [-0.25, -0.2) is 4.98 Å². The molecule has 3 unspecified atom stereocenters. The second kappa shape index (κ2) is 4.39. The van der Waals surface area contributed by atoms with E-state index in [1.807, 2.05) is 0 Å². The summed E-state index contributed by atoms with van der Waals surface area (Å²) >= 11 is 0. The molecule has 3 rings (SSSR count). The van der Waals surface area contributed by atoms with Gasteiger partial charge in [0.05, 0.1) is 17.7 Å². The van der Waals surface area contributed by atoms with Gasteiger partial charge in [0.15, 0.2) is 0 Å². The lowest BCUT2D eigenvalue weighted by Crippen LogP contribution is -2.22. The highest BCUT2D eigenvalue weighted by molar-refractivity contribution is 5.70. The fourth-order valence-electron chi connectivity index (χ4n) is 2.98. The summed E-state index contributed by atoms with van der Waals surface area (Å²) in [5.74, 6) is 0.354. The first-order valence-electron chi connectivity index (χ1n) is 6.57. The molecule has 0 bridgehead atoms. The summed E-state index contributed by atoms with van der Waals surface area (Å²) in [6.45, 7) is 2.86. The average molecular weight is 250 g/mol. The molecule has 5 nitrogen and oxygen atoms in total. The van der Waals surface area contributed by atoms with E-state index in [0.29, 0.717) is 18.8 Å². The van der Waals surface area contributed by atoms with E-state index in [1.165, 1.54) is 0 Å². The molecular formula is C13H18N2O3. The van der Waals surface area contributed by atoms with Crippen LogP contribution in [0.3, 0.4) is 0 Å². The molecule has 98 valence electrons. The summed E-state index contributed by atoms with van der Waals surface area (Å²) in [5.41, 5.74) is 2.07. The van der Waals surface area contributed by atoms with Gasteiger partial charge in [-0.2, -0.15) is 0 Å². The molecule has 3 atom stereocenters. The van der Waals surface area contributed by atoms with E-state index < -0.39 is 5.97 Å². The van der Waals surface area contributed by atoms with E-state index >= 15 is 0 Å². The number of hydrogen-bond donors (Lipinski definition) is 2. The number of aliphatic carboxylic acids is 1. The molecule has 5 heteroatoms. The minimum atomic E-state index is -0.700. The van der Waals surface area contributed by atoms with Crippen LogP contribution in [-0.2, 0) is 22.4 Å². The summed E-state index contributed by atoms with van der Waals surface area (Å²) in [5, 5.41) is 9.07. The number of rotatable bonds is 2. The van der Waals surface area contributed by atoms with E-state index in [-0.39, 0.29) is 12.0 Å². The molecule has 1 aromatic rings. The number of carboxylic acid groups (broad SMARTS) is 1. The Labute approximate surface area is 106 Å². The van der Waals surface area contributed by atoms with Gasteiger partial charge in [0.1, 0.15) is 5.82 Å². The van der Waals surface area contributed by atoms with Crippen molar-refractivity contribution in [2.75, 3.05) is 6.61 Å². The number of fused-ring (bicyclic) bond motifs is 1. The Morgan fingerprint density at radius 1 is 1.50 bits per heavy atom. The molecule has 0 radical (unpaired) electrons. The summed E-state index contributed by atoms with van der Waals surface area (Å²) in [6.07, 6.45) is 3.25. The topological polar surface area (TPSA) is 75.2 Å². The van der Waals surface area contributed by atoms with Crippen molar-refractivity contribution in [1.82, 2.24) is 9.97 Å². The first kappa shape index (κ1) is 11.7. The van der Waals surface area contributed by atoms with Gasteiger partial charge in [0, 0.05) is 24.6 Å². The Kier molecular flexibility index (Phi) is 2.86. The molecule has 1 saturated heterocycles. The molecular weight excluding hydrogens is 232 g/mol. The number of nitrogens with zero attached hydrogens (tertiary/aromatic N) is 1. The van der Waals surface area contributed by atoms with Gasteiger partial charge in [0.25, 0.3) is 0 Å². The van der Waals surface area contributed by atoms with E-state index in [4.69, 9.17) is 9.84 Å². The molecule has 1 aliphatic carbocycles. The van der Waals surface area contributed by atoms with Gasteiger partial charge >= 0.3 is 5.97 Å². The summed E-state index contributed by atoms with van der Waals surface area (Å²) in [7, 11) is 0. The first-order chi connectivity index (χ1) is 8.65. The molecule has 1 aliphatic heterocycles. The molecule has 18 heavy (non-hydrogen) atoms. The Hall–Kier alpha value is -1.36. The van der Waals surface area contributed by atoms with Crippen LogP contribution in [0.1, 0.15) is 42.9 Å². The molecule has 2 heterocycles. The van der Waals surface area contributed by atoms with Crippen LogP contribution in [-0.4, -0.2) is 33.8 Å². The number of aromatic nitrogens is 2. The van der Waals surface area contributed by atoms with Crippen molar-refractivity contribution in [1.29, 1.82) is 0 Å². The van der Waals surface area contributed by atoms with Crippen molar-refractivity contribution >= 4 is 5.97 Å². The lowest BCUT2D eigenvalue weighted by molar-refractivity contribution is -0.142. The molecule has 2 aliphatic rings. The van der Waals surface area contributed by atoms with Crippen molar-refractivity contribution in [3.63, 3.8) is 0 Å². The molecule has 0 aromatic carbocycles. The Morgan fingerprint density at radius 2 is 2.33 bits per heavy atom. The Bertz CT molecular complexity index is 469. The number of aryl methyl sites for hydroxylation is 1.